The first-order valence-corrected chi connectivity index (χ1v) is 6.23. The van der Waals surface area contributed by atoms with Crippen molar-refractivity contribution < 1.29 is 0 Å². The fourth-order valence-corrected chi connectivity index (χ4v) is 2.71. The maximum absolute atomic E-state index is 6.16. The molecule has 1 atom stereocenters. The predicted octanol–water partition coefficient (Wildman–Crippen LogP) is 2.74. The lowest BCUT2D eigenvalue weighted by atomic mass is 9.95. The first-order valence-electron chi connectivity index (χ1n) is 5.44. The maximum Gasteiger partial charge on any atom is 0.127 e. The summed E-state index contributed by atoms with van der Waals surface area (Å²) < 4.78 is 3.19. The number of rotatable bonds is 0. The van der Waals surface area contributed by atoms with Gasteiger partial charge in [-0.25, -0.2) is 4.98 Å². The van der Waals surface area contributed by atoms with Gasteiger partial charge < -0.3 is 10.3 Å². The fourth-order valence-electron chi connectivity index (χ4n) is 2.16. The van der Waals surface area contributed by atoms with E-state index in [4.69, 9.17) is 5.73 Å². The largest absolute Gasteiger partial charge is 0.315 e. The molecule has 0 bridgehead atoms. The second kappa shape index (κ2) is 3.59. The third kappa shape index (κ3) is 1.85. The number of fused-ring (bicyclic) bond motifs is 1. The standard InChI is InChI=1S/C11H18BrN3/c1-11(2,3)10-14-9(12)7-5-4-6-8(13)15(7)10/h8H,4-6,13H2,1-3H3. The average Bonchev–Trinajstić information content (AvgIpc) is 2.45. The monoisotopic (exact) mass is 271 g/mol. The Morgan fingerprint density at radius 1 is 1.47 bits per heavy atom. The second-order valence-electron chi connectivity index (χ2n) is 5.25. The molecule has 2 heterocycles. The van der Waals surface area contributed by atoms with Crippen LogP contribution < -0.4 is 5.73 Å². The summed E-state index contributed by atoms with van der Waals surface area (Å²) in [5, 5.41) is 0. The van der Waals surface area contributed by atoms with Gasteiger partial charge in [0.25, 0.3) is 0 Å². The number of imidazole rings is 1. The Morgan fingerprint density at radius 3 is 2.73 bits per heavy atom. The molecule has 4 heteroatoms. The second-order valence-corrected chi connectivity index (χ2v) is 6.00. The Bertz CT molecular complexity index is 376. The van der Waals surface area contributed by atoms with Crippen molar-refractivity contribution in [3.8, 4) is 0 Å². The number of hydrogen-bond donors (Lipinski definition) is 1. The number of nitrogens with two attached hydrogens (primary N) is 1. The van der Waals surface area contributed by atoms with E-state index in [1.807, 2.05) is 0 Å². The minimum Gasteiger partial charge on any atom is -0.315 e. The van der Waals surface area contributed by atoms with Crippen molar-refractivity contribution in [1.82, 2.24) is 9.55 Å². The van der Waals surface area contributed by atoms with Crippen molar-refractivity contribution >= 4 is 15.9 Å². The van der Waals surface area contributed by atoms with Crippen molar-refractivity contribution in [2.24, 2.45) is 5.73 Å². The first-order chi connectivity index (χ1) is 6.91. The maximum atomic E-state index is 6.16. The zero-order valence-corrected chi connectivity index (χ0v) is 11.1. The molecule has 0 amide bonds. The molecule has 2 N–H and O–H groups in total. The van der Waals surface area contributed by atoms with Crippen LogP contribution in [0.5, 0.6) is 0 Å². The van der Waals surface area contributed by atoms with Crippen LogP contribution in [-0.2, 0) is 11.8 Å². The van der Waals surface area contributed by atoms with E-state index in [1.165, 1.54) is 5.69 Å². The molecule has 1 aromatic heterocycles. The zero-order chi connectivity index (χ0) is 11.2. The smallest absolute Gasteiger partial charge is 0.127 e. The summed E-state index contributed by atoms with van der Waals surface area (Å²) in [5.74, 6) is 1.09. The van der Waals surface area contributed by atoms with Crippen molar-refractivity contribution in [2.45, 2.75) is 51.6 Å². The molecule has 15 heavy (non-hydrogen) atoms. The molecule has 3 nitrogen and oxygen atoms in total. The van der Waals surface area contributed by atoms with E-state index in [2.05, 4.69) is 46.3 Å². The molecule has 0 saturated carbocycles. The number of hydrogen-bond acceptors (Lipinski definition) is 2. The van der Waals surface area contributed by atoms with Gasteiger partial charge in [-0.1, -0.05) is 20.8 Å². The minimum atomic E-state index is 0.0513. The highest BCUT2D eigenvalue weighted by Crippen LogP contribution is 2.33. The molecule has 84 valence electrons. The third-order valence-corrected chi connectivity index (χ3v) is 3.51. The Morgan fingerprint density at radius 2 is 2.13 bits per heavy atom. The van der Waals surface area contributed by atoms with Crippen LogP contribution in [0.25, 0.3) is 0 Å². The van der Waals surface area contributed by atoms with Crippen molar-refractivity contribution in [1.29, 1.82) is 0 Å². The summed E-state index contributed by atoms with van der Waals surface area (Å²) in [6.07, 6.45) is 3.40. The minimum absolute atomic E-state index is 0.0513. The van der Waals surface area contributed by atoms with Crippen LogP contribution >= 0.6 is 15.9 Å². The molecular weight excluding hydrogens is 254 g/mol. The fraction of sp³-hybridized carbons (Fsp3) is 0.727. The van der Waals surface area contributed by atoms with Crippen molar-refractivity contribution in [2.75, 3.05) is 0 Å². The van der Waals surface area contributed by atoms with Crippen LogP contribution in [0.1, 0.15) is 51.3 Å². The van der Waals surface area contributed by atoms with Gasteiger partial charge in [-0.15, -0.1) is 0 Å². The average molecular weight is 272 g/mol. The number of halogens is 1. The molecule has 0 fully saturated rings. The van der Waals surface area contributed by atoms with Crippen LogP contribution in [0.3, 0.4) is 0 Å². The van der Waals surface area contributed by atoms with Gasteiger partial charge in [-0.2, -0.15) is 0 Å². The summed E-state index contributed by atoms with van der Waals surface area (Å²) in [6.45, 7) is 6.53. The van der Waals surface area contributed by atoms with Crippen LogP contribution in [-0.4, -0.2) is 9.55 Å². The van der Waals surface area contributed by atoms with E-state index in [1.54, 1.807) is 0 Å². The molecule has 0 aromatic carbocycles. The summed E-state index contributed by atoms with van der Waals surface area (Å²) in [6, 6.07) is 0. The predicted molar refractivity (Wildman–Crippen MR) is 64.8 cm³/mol. The lowest BCUT2D eigenvalue weighted by Crippen LogP contribution is -2.30. The molecule has 1 aromatic rings. The normalized spacial score (nSPS) is 21.5. The molecule has 0 spiro atoms. The van der Waals surface area contributed by atoms with Gasteiger partial charge in [0.05, 0.1) is 11.9 Å². The van der Waals surface area contributed by atoms with Gasteiger partial charge in [0, 0.05) is 5.41 Å². The SMILES string of the molecule is CC(C)(C)c1nc(Br)c2n1C(N)CCC2. The molecule has 0 aliphatic carbocycles. The Hall–Kier alpha value is -0.350. The Kier molecular flexibility index (Phi) is 2.67. The number of aromatic nitrogens is 2. The lowest BCUT2D eigenvalue weighted by molar-refractivity contribution is 0.373. The summed E-state index contributed by atoms with van der Waals surface area (Å²) in [5.41, 5.74) is 7.47. The van der Waals surface area contributed by atoms with Crippen molar-refractivity contribution in [3.05, 3.63) is 16.1 Å². The summed E-state index contributed by atoms with van der Waals surface area (Å²) >= 11 is 3.54. The highest BCUT2D eigenvalue weighted by molar-refractivity contribution is 9.10. The Balaban J connectivity index is 2.58. The highest BCUT2D eigenvalue weighted by atomic mass is 79.9. The molecule has 2 rings (SSSR count). The summed E-state index contributed by atoms with van der Waals surface area (Å²) in [7, 11) is 0. The van der Waals surface area contributed by atoms with E-state index >= 15 is 0 Å². The van der Waals surface area contributed by atoms with Crippen molar-refractivity contribution in [3.63, 3.8) is 0 Å². The van der Waals surface area contributed by atoms with Crippen LogP contribution in [0.4, 0.5) is 0 Å². The zero-order valence-electron chi connectivity index (χ0n) is 9.55. The van der Waals surface area contributed by atoms with E-state index in [0.717, 1.165) is 29.7 Å². The van der Waals surface area contributed by atoms with E-state index in [9.17, 15) is 0 Å². The molecule has 0 saturated heterocycles. The van der Waals surface area contributed by atoms with E-state index < -0.39 is 0 Å². The quantitative estimate of drug-likeness (QED) is 0.789. The third-order valence-electron chi connectivity index (χ3n) is 2.88. The molecule has 1 aliphatic heterocycles. The number of nitrogens with zero attached hydrogens (tertiary/aromatic N) is 2. The summed E-state index contributed by atoms with van der Waals surface area (Å²) in [4.78, 5) is 4.61. The Labute approximate surface area is 99.2 Å². The van der Waals surface area contributed by atoms with Crippen LogP contribution in [0, 0.1) is 0 Å². The topological polar surface area (TPSA) is 43.8 Å². The van der Waals surface area contributed by atoms with Crippen LogP contribution in [0.15, 0.2) is 4.60 Å². The highest BCUT2D eigenvalue weighted by Gasteiger charge is 2.29. The molecule has 0 radical (unpaired) electrons. The van der Waals surface area contributed by atoms with E-state index in [0.29, 0.717) is 0 Å². The van der Waals surface area contributed by atoms with Gasteiger partial charge in [-0.05, 0) is 35.2 Å². The van der Waals surface area contributed by atoms with Gasteiger partial charge in [-0.3, -0.25) is 0 Å². The van der Waals surface area contributed by atoms with Gasteiger partial charge in [0.15, 0.2) is 0 Å². The van der Waals surface area contributed by atoms with Gasteiger partial charge in [0.1, 0.15) is 10.4 Å². The molecular formula is C11H18BrN3. The van der Waals surface area contributed by atoms with E-state index in [-0.39, 0.29) is 11.6 Å². The lowest BCUT2D eigenvalue weighted by Gasteiger charge is -2.28. The first kappa shape index (κ1) is 11.1. The van der Waals surface area contributed by atoms with Crippen LogP contribution in [0.2, 0.25) is 0 Å². The van der Waals surface area contributed by atoms with Gasteiger partial charge >= 0.3 is 0 Å². The molecule has 1 unspecified atom stereocenters. The molecule has 1 aliphatic rings. The van der Waals surface area contributed by atoms with Gasteiger partial charge in [0.2, 0.25) is 0 Å².